The van der Waals surface area contributed by atoms with E-state index in [0.29, 0.717) is 5.75 Å². The van der Waals surface area contributed by atoms with Gasteiger partial charge >= 0.3 is 0 Å². The van der Waals surface area contributed by atoms with Crippen LogP contribution in [0, 0.1) is 11.8 Å². The lowest BCUT2D eigenvalue weighted by Gasteiger charge is -1.90. The van der Waals surface area contributed by atoms with E-state index < -0.39 is 0 Å². The van der Waals surface area contributed by atoms with Gasteiger partial charge in [0, 0.05) is 6.20 Å². The van der Waals surface area contributed by atoms with Crippen molar-refractivity contribution in [1.82, 2.24) is 4.98 Å². The van der Waals surface area contributed by atoms with Gasteiger partial charge in [0.15, 0.2) is 0 Å². The molecule has 1 nitrogen and oxygen atoms in total. The van der Waals surface area contributed by atoms with Gasteiger partial charge in [0.05, 0.1) is 11.3 Å². The van der Waals surface area contributed by atoms with Crippen molar-refractivity contribution < 1.29 is 0 Å². The molecule has 56 valence electrons. The Morgan fingerprint density at radius 3 is 3.09 bits per heavy atom. The lowest BCUT2D eigenvalue weighted by Crippen LogP contribution is -1.80. The van der Waals surface area contributed by atoms with E-state index in [0.717, 1.165) is 10.2 Å². The fourth-order valence-corrected chi connectivity index (χ4v) is 1.04. The van der Waals surface area contributed by atoms with Crippen LogP contribution in [0.4, 0.5) is 0 Å². The van der Waals surface area contributed by atoms with Crippen LogP contribution in [0.15, 0.2) is 22.9 Å². The van der Waals surface area contributed by atoms with Gasteiger partial charge in [-0.15, -0.1) is 0 Å². The summed E-state index contributed by atoms with van der Waals surface area (Å²) in [6, 6.07) is 3.76. The van der Waals surface area contributed by atoms with Crippen molar-refractivity contribution in [3.63, 3.8) is 0 Å². The molecular weight excluding hydrogens is 222 g/mol. The van der Waals surface area contributed by atoms with Crippen LogP contribution in [0.3, 0.4) is 0 Å². The quantitative estimate of drug-likeness (QED) is 0.407. The highest BCUT2D eigenvalue weighted by Gasteiger charge is 1.92. The van der Waals surface area contributed by atoms with Gasteiger partial charge < -0.3 is 0 Å². The van der Waals surface area contributed by atoms with Gasteiger partial charge in [0.1, 0.15) is 4.60 Å². The molecule has 0 saturated carbocycles. The van der Waals surface area contributed by atoms with E-state index in [1.807, 2.05) is 12.1 Å². The average Bonchev–Trinajstić information content (AvgIpc) is 2.03. The smallest absolute Gasteiger partial charge is 0.121 e. The Labute approximate surface area is 79.8 Å². The standard InChI is InChI=1S/C8H6BrNS/c9-8-7(4-2-6-11)3-1-5-10-8/h1,3,5,11H,6H2. The molecule has 1 aromatic heterocycles. The summed E-state index contributed by atoms with van der Waals surface area (Å²) in [6.07, 6.45) is 1.72. The number of hydrogen-bond acceptors (Lipinski definition) is 2. The number of nitrogens with zero attached hydrogens (tertiary/aromatic N) is 1. The second-order valence-corrected chi connectivity index (χ2v) is 2.87. The second-order valence-electron chi connectivity index (χ2n) is 1.80. The summed E-state index contributed by atoms with van der Waals surface area (Å²) in [5.74, 6) is 6.35. The highest BCUT2D eigenvalue weighted by atomic mass is 79.9. The number of rotatable bonds is 0. The lowest BCUT2D eigenvalue weighted by molar-refractivity contribution is 1.26. The minimum atomic E-state index is 0.571. The summed E-state index contributed by atoms with van der Waals surface area (Å²) in [5.41, 5.74) is 0.904. The zero-order valence-corrected chi connectivity index (χ0v) is 8.19. The third-order valence-electron chi connectivity index (χ3n) is 1.06. The molecule has 11 heavy (non-hydrogen) atoms. The molecule has 3 heteroatoms. The Morgan fingerprint density at radius 2 is 2.45 bits per heavy atom. The fraction of sp³-hybridized carbons (Fsp3) is 0.125. The Hall–Kier alpha value is -0.460. The first-order valence-corrected chi connectivity index (χ1v) is 4.47. The van der Waals surface area contributed by atoms with Gasteiger partial charge in [-0.05, 0) is 28.1 Å². The summed E-state index contributed by atoms with van der Waals surface area (Å²) < 4.78 is 0.786. The van der Waals surface area contributed by atoms with Crippen LogP contribution in [0.25, 0.3) is 0 Å². The van der Waals surface area contributed by atoms with Crippen LogP contribution in [0.1, 0.15) is 5.56 Å². The Balaban J connectivity index is 2.95. The molecule has 1 rings (SSSR count). The predicted octanol–water partition coefficient (Wildman–Crippen LogP) is 2.13. The Kier molecular flexibility index (Phi) is 3.47. The monoisotopic (exact) mass is 227 g/mol. The van der Waals surface area contributed by atoms with Crippen molar-refractivity contribution in [3.8, 4) is 11.8 Å². The maximum Gasteiger partial charge on any atom is 0.121 e. The normalized spacial score (nSPS) is 8.55. The first kappa shape index (κ1) is 8.63. The van der Waals surface area contributed by atoms with Crippen molar-refractivity contribution in [2.24, 2.45) is 0 Å². The summed E-state index contributed by atoms with van der Waals surface area (Å²) >= 11 is 7.26. The number of halogens is 1. The molecule has 0 atom stereocenters. The van der Waals surface area contributed by atoms with E-state index in [4.69, 9.17) is 0 Å². The molecule has 1 aromatic rings. The van der Waals surface area contributed by atoms with Crippen molar-refractivity contribution >= 4 is 28.6 Å². The molecule has 1 heterocycles. The molecule has 0 aliphatic rings. The molecule has 0 amide bonds. The summed E-state index contributed by atoms with van der Waals surface area (Å²) in [7, 11) is 0. The molecule has 0 aliphatic carbocycles. The minimum Gasteiger partial charge on any atom is -0.248 e. The van der Waals surface area contributed by atoms with Gasteiger partial charge in [-0.25, -0.2) is 4.98 Å². The van der Waals surface area contributed by atoms with Gasteiger partial charge in [-0.1, -0.05) is 11.8 Å². The maximum atomic E-state index is 4.02. The highest BCUT2D eigenvalue weighted by Crippen LogP contribution is 2.10. The molecule has 0 radical (unpaired) electrons. The fourth-order valence-electron chi connectivity index (χ4n) is 0.614. The number of aromatic nitrogens is 1. The third kappa shape index (κ3) is 2.57. The molecule has 0 aromatic carbocycles. The van der Waals surface area contributed by atoms with Gasteiger partial charge in [0.25, 0.3) is 0 Å². The van der Waals surface area contributed by atoms with Crippen LogP contribution in [-0.4, -0.2) is 10.7 Å². The molecular formula is C8H6BrNS. The Bertz CT molecular complexity index is 300. The molecule has 0 spiro atoms. The third-order valence-corrected chi connectivity index (χ3v) is 1.85. The van der Waals surface area contributed by atoms with Crippen molar-refractivity contribution in [3.05, 3.63) is 28.5 Å². The summed E-state index contributed by atoms with van der Waals surface area (Å²) in [5, 5.41) is 0. The molecule has 0 N–H and O–H groups in total. The molecule has 0 unspecified atom stereocenters. The number of hydrogen-bond donors (Lipinski definition) is 1. The van der Waals surface area contributed by atoms with Gasteiger partial charge in [-0.3, -0.25) is 0 Å². The van der Waals surface area contributed by atoms with Crippen molar-refractivity contribution in [2.45, 2.75) is 0 Å². The van der Waals surface area contributed by atoms with Gasteiger partial charge in [0.2, 0.25) is 0 Å². The summed E-state index contributed by atoms with van der Waals surface area (Å²) in [6.45, 7) is 0. The summed E-state index contributed by atoms with van der Waals surface area (Å²) in [4.78, 5) is 4.02. The van der Waals surface area contributed by atoms with E-state index in [1.54, 1.807) is 6.20 Å². The highest BCUT2D eigenvalue weighted by molar-refractivity contribution is 9.10. The molecule has 0 aliphatic heterocycles. The van der Waals surface area contributed by atoms with Crippen LogP contribution in [-0.2, 0) is 0 Å². The zero-order chi connectivity index (χ0) is 8.10. The molecule has 0 fully saturated rings. The minimum absolute atomic E-state index is 0.571. The van der Waals surface area contributed by atoms with E-state index in [2.05, 4.69) is 45.4 Å². The van der Waals surface area contributed by atoms with E-state index in [1.165, 1.54) is 0 Å². The first-order valence-electron chi connectivity index (χ1n) is 3.05. The molecule has 0 saturated heterocycles. The molecule has 0 bridgehead atoms. The van der Waals surface area contributed by atoms with E-state index in [9.17, 15) is 0 Å². The number of thiol groups is 1. The van der Waals surface area contributed by atoms with Crippen molar-refractivity contribution in [2.75, 3.05) is 5.75 Å². The average molecular weight is 228 g/mol. The van der Waals surface area contributed by atoms with Crippen LogP contribution >= 0.6 is 28.6 Å². The first-order chi connectivity index (χ1) is 5.34. The number of pyridine rings is 1. The van der Waals surface area contributed by atoms with E-state index in [-0.39, 0.29) is 0 Å². The van der Waals surface area contributed by atoms with Crippen molar-refractivity contribution in [1.29, 1.82) is 0 Å². The lowest BCUT2D eigenvalue weighted by atomic mass is 10.3. The topological polar surface area (TPSA) is 12.9 Å². The maximum absolute atomic E-state index is 4.02. The van der Waals surface area contributed by atoms with Gasteiger partial charge in [-0.2, -0.15) is 12.6 Å². The van der Waals surface area contributed by atoms with Crippen LogP contribution in [0.2, 0.25) is 0 Å². The second kappa shape index (κ2) is 4.42. The van der Waals surface area contributed by atoms with Crippen LogP contribution in [0.5, 0.6) is 0 Å². The predicted molar refractivity (Wildman–Crippen MR) is 52.7 cm³/mol. The zero-order valence-electron chi connectivity index (χ0n) is 5.71. The van der Waals surface area contributed by atoms with Crippen LogP contribution < -0.4 is 0 Å². The largest absolute Gasteiger partial charge is 0.248 e. The Morgan fingerprint density at radius 1 is 1.64 bits per heavy atom. The van der Waals surface area contributed by atoms with E-state index >= 15 is 0 Å². The SMILES string of the molecule is SCC#Cc1cccnc1Br.